The molecule has 2 heterocycles. The first kappa shape index (κ1) is 18.5. The van der Waals surface area contributed by atoms with Gasteiger partial charge in [-0.1, -0.05) is 46.3 Å². The molecule has 2 saturated heterocycles. The molecular formula is C20H18BrFN2O2S. The third kappa shape index (κ3) is 3.27. The Morgan fingerprint density at radius 1 is 1.26 bits per heavy atom. The third-order valence-electron chi connectivity index (χ3n) is 5.14. The van der Waals surface area contributed by atoms with Crippen LogP contribution in [0.1, 0.15) is 24.0 Å². The fraction of sp³-hybridized carbons (Fsp3) is 0.300. The fourth-order valence-corrected chi connectivity index (χ4v) is 5.70. The Morgan fingerprint density at radius 2 is 2.00 bits per heavy atom. The lowest BCUT2D eigenvalue weighted by molar-refractivity contribution is -0.138. The molecule has 2 aliphatic rings. The molecule has 2 aromatic carbocycles. The maximum atomic E-state index is 13.8. The van der Waals surface area contributed by atoms with E-state index in [1.54, 1.807) is 34.9 Å². The van der Waals surface area contributed by atoms with Crippen LogP contribution in [0.3, 0.4) is 0 Å². The summed E-state index contributed by atoms with van der Waals surface area (Å²) in [6, 6.07) is 13.7. The van der Waals surface area contributed by atoms with Crippen molar-refractivity contribution < 1.29 is 14.0 Å². The minimum atomic E-state index is -0.541. The molecule has 1 N–H and O–H groups in total. The minimum Gasteiger partial charge on any atom is -0.350 e. The van der Waals surface area contributed by atoms with Crippen LogP contribution in [0.15, 0.2) is 53.0 Å². The van der Waals surface area contributed by atoms with Crippen LogP contribution >= 0.6 is 27.7 Å². The second kappa shape index (κ2) is 7.28. The highest BCUT2D eigenvalue weighted by atomic mass is 79.9. The van der Waals surface area contributed by atoms with Gasteiger partial charge in [0.1, 0.15) is 16.7 Å². The Bertz CT molecular complexity index is 892. The number of rotatable bonds is 4. The largest absolute Gasteiger partial charge is 0.350 e. The van der Waals surface area contributed by atoms with E-state index in [9.17, 15) is 14.0 Å². The van der Waals surface area contributed by atoms with Crippen LogP contribution in [0.2, 0.25) is 0 Å². The van der Waals surface area contributed by atoms with Gasteiger partial charge in [-0.2, -0.15) is 0 Å². The Balaban J connectivity index is 1.54. The molecule has 2 amide bonds. The molecule has 4 rings (SSSR count). The highest BCUT2D eigenvalue weighted by Gasteiger charge is 2.56. The summed E-state index contributed by atoms with van der Waals surface area (Å²) in [5, 5.41) is 2.80. The number of benzene rings is 2. The number of halogens is 2. The SMILES string of the molecule is O=C(NCc1ccccc1F)[C@@H]1CS[C@@]2(c3ccc(Br)cc3)CCC(=O)N12. The van der Waals surface area contributed by atoms with Gasteiger partial charge in [-0.15, -0.1) is 11.8 Å². The molecule has 0 bridgehead atoms. The summed E-state index contributed by atoms with van der Waals surface area (Å²) < 4.78 is 14.8. The van der Waals surface area contributed by atoms with Crippen LogP contribution in [-0.2, 0) is 21.0 Å². The van der Waals surface area contributed by atoms with Crippen molar-refractivity contribution in [1.29, 1.82) is 0 Å². The van der Waals surface area contributed by atoms with Crippen LogP contribution < -0.4 is 5.32 Å². The van der Waals surface area contributed by atoms with Crippen molar-refractivity contribution in [2.24, 2.45) is 0 Å². The zero-order chi connectivity index (χ0) is 19.0. The molecule has 140 valence electrons. The number of hydrogen-bond donors (Lipinski definition) is 1. The van der Waals surface area contributed by atoms with Crippen molar-refractivity contribution in [2.75, 3.05) is 5.75 Å². The topological polar surface area (TPSA) is 49.4 Å². The Labute approximate surface area is 169 Å². The van der Waals surface area contributed by atoms with Crippen molar-refractivity contribution in [1.82, 2.24) is 10.2 Å². The van der Waals surface area contributed by atoms with Crippen LogP contribution in [0, 0.1) is 5.82 Å². The van der Waals surface area contributed by atoms with Crippen LogP contribution in [0.5, 0.6) is 0 Å². The molecule has 4 nitrogen and oxygen atoms in total. The molecule has 0 spiro atoms. The van der Waals surface area contributed by atoms with Crippen molar-refractivity contribution in [3.8, 4) is 0 Å². The predicted octanol–water partition coefficient (Wildman–Crippen LogP) is 3.80. The smallest absolute Gasteiger partial charge is 0.244 e. The van der Waals surface area contributed by atoms with Crippen molar-refractivity contribution in [3.63, 3.8) is 0 Å². The van der Waals surface area contributed by atoms with Gasteiger partial charge < -0.3 is 10.2 Å². The molecule has 0 aromatic heterocycles. The van der Waals surface area contributed by atoms with E-state index >= 15 is 0 Å². The van der Waals surface area contributed by atoms with Gasteiger partial charge in [0.15, 0.2) is 0 Å². The highest BCUT2D eigenvalue weighted by molar-refractivity contribution is 9.10. The molecule has 2 atom stereocenters. The van der Waals surface area contributed by atoms with E-state index in [1.165, 1.54) is 6.07 Å². The maximum absolute atomic E-state index is 13.8. The Hall–Kier alpha value is -1.86. The predicted molar refractivity (Wildman–Crippen MR) is 106 cm³/mol. The number of nitrogens with zero attached hydrogens (tertiary/aromatic N) is 1. The first-order valence-corrected chi connectivity index (χ1v) is 10.5. The van der Waals surface area contributed by atoms with Crippen LogP contribution in [-0.4, -0.2) is 28.5 Å². The van der Waals surface area contributed by atoms with E-state index in [2.05, 4.69) is 21.2 Å². The normalized spacial score (nSPS) is 24.1. The van der Waals surface area contributed by atoms with Crippen molar-refractivity contribution in [2.45, 2.75) is 30.3 Å². The lowest BCUT2D eigenvalue weighted by Crippen LogP contribution is -2.49. The van der Waals surface area contributed by atoms with Crippen LogP contribution in [0.25, 0.3) is 0 Å². The van der Waals surface area contributed by atoms with E-state index in [4.69, 9.17) is 0 Å². The van der Waals surface area contributed by atoms with E-state index in [-0.39, 0.29) is 24.2 Å². The van der Waals surface area contributed by atoms with Crippen molar-refractivity contribution in [3.05, 3.63) is 69.9 Å². The van der Waals surface area contributed by atoms with Gasteiger partial charge in [-0.3, -0.25) is 9.59 Å². The van der Waals surface area contributed by atoms with Gasteiger partial charge in [0.05, 0.1) is 0 Å². The number of nitrogens with one attached hydrogen (secondary N) is 1. The number of amides is 2. The average Bonchev–Trinajstić information content (AvgIpc) is 3.21. The number of fused-ring (bicyclic) bond motifs is 1. The first-order valence-electron chi connectivity index (χ1n) is 8.74. The Morgan fingerprint density at radius 3 is 2.74 bits per heavy atom. The number of carbonyl (C=O) groups excluding carboxylic acids is 2. The summed E-state index contributed by atoms with van der Waals surface area (Å²) in [5.74, 6) is -0.0562. The van der Waals surface area contributed by atoms with Gasteiger partial charge >= 0.3 is 0 Å². The minimum absolute atomic E-state index is 0.00559. The second-order valence-corrected chi connectivity index (χ2v) is 8.90. The standard InChI is InChI=1S/C20H18BrFN2O2S/c21-15-7-5-14(6-8-15)20-10-9-18(25)24(20)17(12-27-20)19(26)23-11-13-3-1-2-4-16(13)22/h1-8,17H,9-12H2,(H,23,26)/t17-,20+/m0/s1. The maximum Gasteiger partial charge on any atom is 0.244 e. The van der Waals surface area contributed by atoms with Gasteiger partial charge in [0.2, 0.25) is 11.8 Å². The van der Waals surface area contributed by atoms with Gasteiger partial charge in [0.25, 0.3) is 0 Å². The molecule has 0 aliphatic carbocycles. The van der Waals surface area contributed by atoms with Gasteiger partial charge in [-0.05, 0) is 30.2 Å². The average molecular weight is 449 g/mol. The van der Waals surface area contributed by atoms with E-state index in [1.807, 2.05) is 24.3 Å². The molecule has 0 unspecified atom stereocenters. The molecule has 2 fully saturated rings. The van der Waals surface area contributed by atoms with Crippen molar-refractivity contribution >= 4 is 39.5 Å². The highest BCUT2D eigenvalue weighted by Crippen LogP contribution is 2.54. The van der Waals surface area contributed by atoms with E-state index in [0.717, 1.165) is 10.0 Å². The third-order valence-corrected chi connectivity index (χ3v) is 7.26. The summed E-state index contributed by atoms with van der Waals surface area (Å²) >= 11 is 5.08. The summed E-state index contributed by atoms with van der Waals surface area (Å²) in [4.78, 5) is 26.7. The van der Waals surface area contributed by atoms with Gasteiger partial charge in [0, 0.05) is 28.8 Å². The lowest BCUT2D eigenvalue weighted by Gasteiger charge is -2.34. The second-order valence-electron chi connectivity index (χ2n) is 6.69. The molecule has 27 heavy (non-hydrogen) atoms. The lowest BCUT2D eigenvalue weighted by atomic mass is 10.0. The zero-order valence-corrected chi connectivity index (χ0v) is 16.9. The zero-order valence-electron chi connectivity index (χ0n) is 14.5. The first-order chi connectivity index (χ1) is 13.0. The molecular weight excluding hydrogens is 431 g/mol. The molecule has 2 aliphatic heterocycles. The molecule has 0 radical (unpaired) electrons. The summed E-state index contributed by atoms with van der Waals surface area (Å²) in [7, 11) is 0. The van der Waals surface area contributed by atoms with Crippen LogP contribution in [0.4, 0.5) is 4.39 Å². The van der Waals surface area contributed by atoms with E-state index < -0.39 is 10.9 Å². The summed E-state index contributed by atoms with van der Waals surface area (Å²) in [5.41, 5.74) is 1.47. The summed E-state index contributed by atoms with van der Waals surface area (Å²) in [6.45, 7) is 0.111. The summed E-state index contributed by atoms with van der Waals surface area (Å²) in [6.07, 6.45) is 1.12. The van der Waals surface area contributed by atoms with E-state index in [0.29, 0.717) is 24.2 Å². The fourth-order valence-electron chi connectivity index (χ4n) is 3.79. The number of thioether (sulfide) groups is 1. The quantitative estimate of drug-likeness (QED) is 0.773. The number of carbonyl (C=O) groups is 2. The molecule has 7 heteroatoms. The monoisotopic (exact) mass is 448 g/mol. The van der Waals surface area contributed by atoms with Gasteiger partial charge in [-0.25, -0.2) is 4.39 Å². The molecule has 2 aromatic rings. The Kier molecular flexibility index (Phi) is 4.99. The molecule has 0 saturated carbocycles. The number of hydrogen-bond acceptors (Lipinski definition) is 3.